The van der Waals surface area contributed by atoms with Gasteiger partial charge in [-0.1, -0.05) is 18.2 Å². The summed E-state index contributed by atoms with van der Waals surface area (Å²) in [6, 6.07) is 9.63. The van der Waals surface area contributed by atoms with E-state index in [9.17, 15) is 14.9 Å². The fourth-order valence-corrected chi connectivity index (χ4v) is 1.77. The fourth-order valence-electron chi connectivity index (χ4n) is 1.77. The molecule has 0 radical (unpaired) electrons. The van der Waals surface area contributed by atoms with Gasteiger partial charge in [0.25, 0.3) is 0 Å². The van der Waals surface area contributed by atoms with Crippen molar-refractivity contribution in [3.05, 3.63) is 63.2 Å². The normalized spacial score (nSPS) is 10.1. The highest BCUT2D eigenvalue weighted by molar-refractivity contribution is 5.76. The quantitative estimate of drug-likeness (QED) is 0.481. The molecule has 2 aromatic carbocycles. The number of aryl methyl sites for hydroxylation is 2. The summed E-state index contributed by atoms with van der Waals surface area (Å²) < 4.78 is 5.62. The summed E-state index contributed by atoms with van der Waals surface area (Å²) in [5, 5.41) is 11.0. The van der Waals surface area contributed by atoms with Crippen molar-refractivity contribution in [3.63, 3.8) is 0 Å². The van der Waals surface area contributed by atoms with Crippen LogP contribution in [0.15, 0.2) is 36.4 Å². The van der Waals surface area contributed by atoms with Gasteiger partial charge < -0.3 is 4.74 Å². The molecule has 0 N–H and O–H groups in total. The number of nitro groups is 1. The molecule has 0 fully saturated rings. The van der Waals surface area contributed by atoms with E-state index in [0.29, 0.717) is 17.6 Å². The molecule has 0 unspecified atom stereocenters. The van der Waals surface area contributed by atoms with E-state index in [0.717, 1.165) is 11.1 Å². The third-order valence-electron chi connectivity index (χ3n) is 2.88. The van der Waals surface area contributed by atoms with Gasteiger partial charge in [0.15, 0.2) is 0 Å². The lowest BCUT2D eigenvalue weighted by Crippen LogP contribution is -1.96. The van der Waals surface area contributed by atoms with Gasteiger partial charge in [-0.3, -0.25) is 14.9 Å². The standard InChI is InChI=1S/C15H13NO4/c1-10-3-6-13(16(18)19)15(7-10)20-14-8-12(9-17)5-4-11(14)2/h3-9H,1-2H3. The second-order valence-electron chi connectivity index (χ2n) is 4.47. The van der Waals surface area contributed by atoms with Gasteiger partial charge in [0.1, 0.15) is 12.0 Å². The number of benzene rings is 2. The van der Waals surface area contributed by atoms with Crippen LogP contribution < -0.4 is 4.74 Å². The van der Waals surface area contributed by atoms with E-state index in [1.54, 1.807) is 30.3 Å². The maximum Gasteiger partial charge on any atom is 0.311 e. The van der Waals surface area contributed by atoms with Gasteiger partial charge in [0.2, 0.25) is 5.75 Å². The number of nitro benzene ring substituents is 1. The van der Waals surface area contributed by atoms with Crippen molar-refractivity contribution in [3.8, 4) is 11.5 Å². The minimum Gasteiger partial charge on any atom is -0.450 e. The number of ether oxygens (including phenoxy) is 1. The van der Waals surface area contributed by atoms with Crippen LogP contribution in [0, 0.1) is 24.0 Å². The topological polar surface area (TPSA) is 69.4 Å². The Morgan fingerprint density at radius 1 is 1.10 bits per heavy atom. The molecule has 0 atom stereocenters. The minimum absolute atomic E-state index is 0.105. The minimum atomic E-state index is -0.492. The number of nitrogens with zero attached hydrogens (tertiary/aromatic N) is 1. The van der Waals surface area contributed by atoms with Crippen LogP contribution in [0.4, 0.5) is 5.69 Å². The predicted octanol–water partition coefficient (Wildman–Crippen LogP) is 3.82. The molecular weight excluding hydrogens is 258 g/mol. The van der Waals surface area contributed by atoms with Crippen molar-refractivity contribution in [1.29, 1.82) is 0 Å². The maximum atomic E-state index is 11.0. The van der Waals surface area contributed by atoms with Gasteiger partial charge in [-0.2, -0.15) is 0 Å². The first-order chi connectivity index (χ1) is 9.51. The summed E-state index contributed by atoms with van der Waals surface area (Å²) in [6.07, 6.45) is 0.705. The summed E-state index contributed by atoms with van der Waals surface area (Å²) in [4.78, 5) is 21.3. The molecule has 0 aliphatic heterocycles. The smallest absolute Gasteiger partial charge is 0.311 e. The summed E-state index contributed by atoms with van der Waals surface area (Å²) in [5.41, 5.74) is 2.01. The molecule has 5 heteroatoms. The third kappa shape index (κ3) is 2.83. The highest BCUT2D eigenvalue weighted by Crippen LogP contribution is 2.33. The molecule has 0 amide bonds. The third-order valence-corrected chi connectivity index (χ3v) is 2.88. The number of aldehydes is 1. The molecule has 0 aliphatic carbocycles. The van der Waals surface area contributed by atoms with Gasteiger partial charge in [-0.05, 0) is 37.1 Å². The number of hydrogen-bond acceptors (Lipinski definition) is 4. The van der Waals surface area contributed by atoms with E-state index >= 15 is 0 Å². The molecule has 0 aliphatic rings. The molecular formula is C15H13NO4. The van der Waals surface area contributed by atoms with Gasteiger partial charge in [0, 0.05) is 11.6 Å². The molecule has 2 aromatic rings. The lowest BCUT2D eigenvalue weighted by Gasteiger charge is -2.10. The summed E-state index contributed by atoms with van der Waals surface area (Å²) >= 11 is 0. The molecule has 0 bridgehead atoms. The zero-order valence-corrected chi connectivity index (χ0v) is 11.1. The molecule has 2 rings (SSSR count). The van der Waals surface area contributed by atoms with Crippen LogP contribution in [0.2, 0.25) is 0 Å². The first kappa shape index (κ1) is 13.7. The molecule has 0 saturated heterocycles. The van der Waals surface area contributed by atoms with Crippen molar-refractivity contribution in [1.82, 2.24) is 0 Å². The Bertz CT molecular complexity index is 680. The average molecular weight is 271 g/mol. The van der Waals surface area contributed by atoms with Crippen LogP contribution >= 0.6 is 0 Å². The number of carbonyl (C=O) groups excluding carboxylic acids is 1. The summed E-state index contributed by atoms with van der Waals surface area (Å²) in [5.74, 6) is 0.601. The first-order valence-corrected chi connectivity index (χ1v) is 6.00. The summed E-state index contributed by atoms with van der Waals surface area (Å²) in [7, 11) is 0. The zero-order valence-electron chi connectivity index (χ0n) is 11.1. The SMILES string of the molecule is Cc1ccc([N+](=O)[O-])c(Oc2cc(C=O)ccc2C)c1. The lowest BCUT2D eigenvalue weighted by atomic mass is 10.1. The Hall–Kier alpha value is -2.69. The van der Waals surface area contributed by atoms with E-state index in [-0.39, 0.29) is 11.4 Å². The van der Waals surface area contributed by atoms with Crippen molar-refractivity contribution < 1.29 is 14.5 Å². The predicted molar refractivity (Wildman–Crippen MR) is 74.5 cm³/mol. The molecule has 0 saturated carbocycles. The number of carbonyl (C=O) groups is 1. The van der Waals surface area contributed by atoms with Crippen LogP contribution in [0.3, 0.4) is 0 Å². The second-order valence-corrected chi connectivity index (χ2v) is 4.47. The Labute approximate surface area is 116 Å². The Balaban J connectivity index is 2.46. The molecule has 20 heavy (non-hydrogen) atoms. The average Bonchev–Trinajstić information content (AvgIpc) is 2.41. The first-order valence-electron chi connectivity index (χ1n) is 6.00. The highest BCUT2D eigenvalue weighted by Gasteiger charge is 2.16. The van der Waals surface area contributed by atoms with Gasteiger partial charge in [-0.25, -0.2) is 0 Å². The maximum absolute atomic E-state index is 11.0. The van der Waals surface area contributed by atoms with Crippen LogP contribution in [-0.2, 0) is 0 Å². The monoisotopic (exact) mass is 271 g/mol. The van der Waals surface area contributed by atoms with Crippen LogP contribution in [0.25, 0.3) is 0 Å². The van der Waals surface area contributed by atoms with Crippen molar-refractivity contribution in [2.24, 2.45) is 0 Å². The molecule has 0 heterocycles. The lowest BCUT2D eigenvalue weighted by molar-refractivity contribution is -0.385. The molecule has 5 nitrogen and oxygen atoms in total. The molecule has 102 valence electrons. The van der Waals surface area contributed by atoms with E-state index in [1.807, 2.05) is 13.8 Å². The fraction of sp³-hybridized carbons (Fsp3) is 0.133. The van der Waals surface area contributed by atoms with E-state index < -0.39 is 4.92 Å². The summed E-state index contributed by atoms with van der Waals surface area (Å²) in [6.45, 7) is 3.64. The number of hydrogen-bond donors (Lipinski definition) is 0. The van der Waals surface area contributed by atoms with Crippen molar-refractivity contribution in [2.45, 2.75) is 13.8 Å². The number of rotatable bonds is 4. The molecule has 0 spiro atoms. The zero-order chi connectivity index (χ0) is 14.7. The van der Waals surface area contributed by atoms with Crippen molar-refractivity contribution in [2.75, 3.05) is 0 Å². The Kier molecular flexibility index (Phi) is 3.79. The van der Waals surface area contributed by atoms with Crippen LogP contribution in [0.1, 0.15) is 21.5 Å². The van der Waals surface area contributed by atoms with Crippen LogP contribution in [0.5, 0.6) is 11.5 Å². The van der Waals surface area contributed by atoms with Crippen molar-refractivity contribution >= 4 is 12.0 Å². The Morgan fingerprint density at radius 2 is 1.85 bits per heavy atom. The Morgan fingerprint density at radius 3 is 2.50 bits per heavy atom. The molecule has 0 aromatic heterocycles. The van der Waals surface area contributed by atoms with E-state index in [4.69, 9.17) is 4.74 Å². The van der Waals surface area contributed by atoms with Crippen LogP contribution in [-0.4, -0.2) is 11.2 Å². The van der Waals surface area contributed by atoms with Gasteiger partial charge in [-0.15, -0.1) is 0 Å². The van der Waals surface area contributed by atoms with E-state index in [2.05, 4.69) is 0 Å². The van der Waals surface area contributed by atoms with E-state index in [1.165, 1.54) is 6.07 Å². The highest BCUT2D eigenvalue weighted by atomic mass is 16.6. The largest absolute Gasteiger partial charge is 0.450 e. The second kappa shape index (κ2) is 5.52. The van der Waals surface area contributed by atoms with Gasteiger partial charge in [0.05, 0.1) is 4.92 Å². The van der Waals surface area contributed by atoms with Gasteiger partial charge >= 0.3 is 5.69 Å².